The highest BCUT2D eigenvalue weighted by Gasteiger charge is 2.10. The van der Waals surface area contributed by atoms with Gasteiger partial charge in [-0.1, -0.05) is 42.5 Å². The molecule has 3 aromatic rings. The van der Waals surface area contributed by atoms with Crippen LogP contribution in [0.25, 0.3) is 16.8 Å². The van der Waals surface area contributed by atoms with Crippen LogP contribution in [0.3, 0.4) is 0 Å². The number of carbonyl (C=O) groups excluding carboxylic acids is 2. The largest absolute Gasteiger partial charge is 0.497 e. The molecule has 0 N–H and O–H groups in total. The zero-order chi connectivity index (χ0) is 17.6. The number of rotatable bonds is 5. The Balaban J connectivity index is 1.79. The van der Waals surface area contributed by atoms with Crippen LogP contribution >= 0.6 is 0 Å². The number of hydrogen-bond donors (Lipinski definition) is 0. The number of esters is 1. The average molecular weight is 332 g/mol. The second-order valence-electron chi connectivity index (χ2n) is 5.34. The Kier molecular flexibility index (Phi) is 4.90. The van der Waals surface area contributed by atoms with Crippen molar-refractivity contribution < 1.29 is 19.1 Å². The van der Waals surface area contributed by atoms with Crippen LogP contribution < -0.4 is 9.47 Å². The second-order valence-corrected chi connectivity index (χ2v) is 5.34. The summed E-state index contributed by atoms with van der Waals surface area (Å²) < 4.78 is 10.4. The maximum absolute atomic E-state index is 12.1. The van der Waals surface area contributed by atoms with Crippen molar-refractivity contribution in [1.29, 1.82) is 0 Å². The average Bonchev–Trinajstić information content (AvgIpc) is 2.66. The fourth-order valence-corrected chi connectivity index (χ4v) is 2.51. The fourth-order valence-electron chi connectivity index (χ4n) is 2.51. The minimum atomic E-state index is -0.547. The maximum atomic E-state index is 12.1. The normalized spacial score (nSPS) is 10.8. The molecule has 0 saturated carbocycles. The molecule has 0 aromatic heterocycles. The van der Waals surface area contributed by atoms with Gasteiger partial charge in [0.25, 0.3) is 0 Å². The molecule has 0 aliphatic rings. The van der Waals surface area contributed by atoms with E-state index < -0.39 is 5.97 Å². The highest BCUT2D eigenvalue weighted by Crippen LogP contribution is 2.26. The van der Waals surface area contributed by atoms with Crippen LogP contribution in [0.1, 0.15) is 15.9 Å². The molecule has 0 aliphatic carbocycles. The van der Waals surface area contributed by atoms with Gasteiger partial charge in [0.15, 0.2) is 6.29 Å². The van der Waals surface area contributed by atoms with Crippen LogP contribution in [0, 0.1) is 0 Å². The van der Waals surface area contributed by atoms with Gasteiger partial charge in [0.2, 0.25) is 0 Å². The topological polar surface area (TPSA) is 52.6 Å². The van der Waals surface area contributed by atoms with E-state index in [9.17, 15) is 9.59 Å². The number of fused-ring (bicyclic) bond motifs is 1. The first-order valence-corrected chi connectivity index (χ1v) is 7.72. The summed E-state index contributed by atoms with van der Waals surface area (Å²) in [5.41, 5.74) is 1.20. The molecule has 0 radical (unpaired) electrons. The standard InChI is InChI=1S/C21H16O4/c1-24-17-10-6-15(7-11-17)8-13-21(23)25-20-12-9-16-4-2-3-5-18(16)19(20)14-22/h2-14H,1H3/b13-8+. The van der Waals surface area contributed by atoms with E-state index in [2.05, 4.69) is 0 Å². The van der Waals surface area contributed by atoms with Crippen LogP contribution in [0.2, 0.25) is 0 Å². The fraction of sp³-hybridized carbons (Fsp3) is 0.0476. The predicted octanol–water partition coefficient (Wildman–Crippen LogP) is 4.28. The Bertz CT molecular complexity index is 940. The van der Waals surface area contributed by atoms with Gasteiger partial charge in [-0.25, -0.2) is 4.79 Å². The lowest BCUT2D eigenvalue weighted by molar-refractivity contribution is -0.128. The second kappa shape index (κ2) is 7.45. The van der Waals surface area contributed by atoms with Crippen LogP contribution in [0.4, 0.5) is 0 Å². The van der Waals surface area contributed by atoms with Gasteiger partial charge in [0.1, 0.15) is 11.5 Å². The molecule has 3 rings (SSSR count). The molecule has 0 heterocycles. The maximum Gasteiger partial charge on any atom is 0.336 e. The molecule has 0 spiro atoms. The summed E-state index contributed by atoms with van der Waals surface area (Å²) in [7, 11) is 1.59. The van der Waals surface area contributed by atoms with Crippen LogP contribution in [0.15, 0.2) is 66.7 Å². The van der Waals surface area contributed by atoms with Crippen molar-refractivity contribution >= 4 is 29.1 Å². The lowest BCUT2D eigenvalue weighted by Gasteiger charge is -2.07. The molecule has 124 valence electrons. The van der Waals surface area contributed by atoms with E-state index >= 15 is 0 Å². The number of ether oxygens (including phenoxy) is 2. The van der Waals surface area contributed by atoms with Crippen LogP contribution in [-0.4, -0.2) is 19.4 Å². The lowest BCUT2D eigenvalue weighted by Crippen LogP contribution is -2.06. The third kappa shape index (κ3) is 3.75. The molecule has 25 heavy (non-hydrogen) atoms. The van der Waals surface area contributed by atoms with Crippen molar-refractivity contribution in [1.82, 2.24) is 0 Å². The molecule has 0 fully saturated rings. The SMILES string of the molecule is COc1ccc(/C=C/C(=O)Oc2ccc3ccccc3c2C=O)cc1. The van der Waals surface area contributed by atoms with Gasteiger partial charge in [-0.05, 0) is 40.6 Å². The van der Waals surface area contributed by atoms with Crippen molar-refractivity contribution in [3.8, 4) is 11.5 Å². The molecular weight excluding hydrogens is 316 g/mol. The van der Waals surface area contributed by atoms with E-state index in [0.717, 1.165) is 22.1 Å². The lowest BCUT2D eigenvalue weighted by atomic mass is 10.0. The van der Waals surface area contributed by atoms with Gasteiger partial charge in [-0.3, -0.25) is 4.79 Å². The van der Waals surface area contributed by atoms with Gasteiger partial charge < -0.3 is 9.47 Å². The minimum absolute atomic E-state index is 0.248. The first kappa shape index (κ1) is 16.5. The Labute approximate surface area is 145 Å². The van der Waals surface area contributed by atoms with Gasteiger partial charge in [-0.2, -0.15) is 0 Å². The molecule has 0 saturated heterocycles. The Hall–Kier alpha value is -3.40. The Morgan fingerprint density at radius 3 is 2.44 bits per heavy atom. The summed E-state index contributed by atoms with van der Waals surface area (Å²) in [5, 5.41) is 1.67. The van der Waals surface area contributed by atoms with E-state index in [1.165, 1.54) is 6.08 Å². The van der Waals surface area contributed by atoms with Crippen molar-refractivity contribution in [3.05, 3.63) is 77.9 Å². The monoisotopic (exact) mass is 332 g/mol. The van der Waals surface area contributed by atoms with Crippen LogP contribution in [-0.2, 0) is 4.79 Å². The molecular formula is C21H16O4. The molecule has 4 nitrogen and oxygen atoms in total. The summed E-state index contributed by atoms with van der Waals surface area (Å²) in [5.74, 6) is 0.443. The van der Waals surface area contributed by atoms with E-state index in [0.29, 0.717) is 11.8 Å². The van der Waals surface area contributed by atoms with Crippen molar-refractivity contribution in [2.24, 2.45) is 0 Å². The van der Waals surface area contributed by atoms with Gasteiger partial charge in [0, 0.05) is 6.08 Å². The number of benzene rings is 3. The van der Waals surface area contributed by atoms with E-state index in [1.54, 1.807) is 31.4 Å². The van der Waals surface area contributed by atoms with Gasteiger partial charge in [-0.15, -0.1) is 0 Å². The molecule has 0 amide bonds. The number of hydrogen-bond acceptors (Lipinski definition) is 4. The molecule has 0 bridgehead atoms. The van der Waals surface area contributed by atoms with Crippen molar-refractivity contribution in [2.75, 3.05) is 7.11 Å². The Morgan fingerprint density at radius 1 is 0.960 bits per heavy atom. The predicted molar refractivity (Wildman–Crippen MR) is 97.0 cm³/mol. The van der Waals surface area contributed by atoms with Crippen LogP contribution in [0.5, 0.6) is 11.5 Å². The number of aldehydes is 1. The summed E-state index contributed by atoms with van der Waals surface area (Å²) >= 11 is 0. The first-order valence-electron chi connectivity index (χ1n) is 7.72. The van der Waals surface area contributed by atoms with E-state index in [1.807, 2.05) is 42.5 Å². The first-order chi connectivity index (χ1) is 12.2. The van der Waals surface area contributed by atoms with Crippen molar-refractivity contribution in [2.45, 2.75) is 0 Å². The highest BCUT2D eigenvalue weighted by atomic mass is 16.5. The summed E-state index contributed by atoms with van der Waals surface area (Å²) in [6.07, 6.45) is 3.67. The highest BCUT2D eigenvalue weighted by molar-refractivity contribution is 6.02. The Morgan fingerprint density at radius 2 is 1.72 bits per heavy atom. The van der Waals surface area contributed by atoms with E-state index in [-0.39, 0.29) is 5.75 Å². The smallest absolute Gasteiger partial charge is 0.336 e. The number of carbonyl (C=O) groups is 2. The number of methoxy groups -OCH3 is 1. The van der Waals surface area contributed by atoms with E-state index in [4.69, 9.17) is 9.47 Å². The zero-order valence-electron chi connectivity index (χ0n) is 13.6. The quantitative estimate of drug-likeness (QED) is 0.303. The minimum Gasteiger partial charge on any atom is -0.497 e. The molecule has 4 heteroatoms. The van der Waals surface area contributed by atoms with Gasteiger partial charge in [0.05, 0.1) is 12.7 Å². The molecule has 0 atom stereocenters. The molecule has 0 unspecified atom stereocenters. The van der Waals surface area contributed by atoms with Crippen molar-refractivity contribution in [3.63, 3.8) is 0 Å². The molecule has 3 aromatic carbocycles. The summed E-state index contributed by atoms with van der Waals surface area (Å²) in [6, 6.07) is 18.2. The zero-order valence-corrected chi connectivity index (χ0v) is 13.6. The molecule has 0 aliphatic heterocycles. The third-order valence-corrected chi connectivity index (χ3v) is 3.79. The third-order valence-electron chi connectivity index (χ3n) is 3.79. The van der Waals surface area contributed by atoms with Gasteiger partial charge >= 0.3 is 5.97 Å². The summed E-state index contributed by atoms with van der Waals surface area (Å²) in [4.78, 5) is 23.5. The summed E-state index contributed by atoms with van der Waals surface area (Å²) in [6.45, 7) is 0.